The van der Waals surface area contributed by atoms with Gasteiger partial charge in [-0.15, -0.1) is 0 Å². The van der Waals surface area contributed by atoms with Crippen LogP contribution in [0.2, 0.25) is 0 Å². The number of carboxylic acid groups (broad SMARTS) is 1. The van der Waals surface area contributed by atoms with Crippen LogP contribution in [-0.2, 0) is 11.2 Å². The maximum Gasteiger partial charge on any atom is 0.304 e. The van der Waals surface area contributed by atoms with Crippen LogP contribution in [0.25, 0.3) is 0 Å². The minimum Gasteiger partial charge on any atom is -0.493 e. The number of hydrogen-bond donors (Lipinski definition) is 2. The Morgan fingerprint density at radius 3 is 2.70 bits per heavy atom. The third kappa shape index (κ3) is 5.97. The first kappa shape index (κ1) is 27.3. The van der Waals surface area contributed by atoms with Crippen LogP contribution < -0.4 is 18.9 Å². The Morgan fingerprint density at radius 2 is 1.95 bits per heavy atom. The van der Waals surface area contributed by atoms with Crippen LogP contribution in [0.3, 0.4) is 0 Å². The van der Waals surface area contributed by atoms with E-state index in [1.54, 1.807) is 56.3 Å². The number of fused-ring (bicyclic) bond motifs is 2. The van der Waals surface area contributed by atoms with E-state index < -0.39 is 23.5 Å². The molecule has 0 aromatic heterocycles. The lowest BCUT2D eigenvalue weighted by Crippen LogP contribution is -2.21. The predicted molar refractivity (Wildman–Crippen MR) is 143 cm³/mol. The smallest absolute Gasteiger partial charge is 0.304 e. The van der Waals surface area contributed by atoms with Crippen molar-refractivity contribution in [2.75, 3.05) is 13.2 Å². The highest BCUT2D eigenvalue weighted by molar-refractivity contribution is 5.69. The molecule has 2 N–H and O–H groups in total. The Morgan fingerprint density at radius 1 is 1.15 bits per heavy atom. The summed E-state index contributed by atoms with van der Waals surface area (Å²) in [6, 6.07) is 15.1. The van der Waals surface area contributed by atoms with E-state index in [9.17, 15) is 15.2 Å². The van der Waals surface area contributed by atoms with Crippen molar-refractivity contribution in [2.45, 2.75) is 57.2 Å². The normalized spacial score (nSPS) is 17.4. The number of carboxylic acids is 1. The molecule has 3 aromatic carbocycles. The zero-order valence-electron chi connectivity index (χ0n) is 22.3. The van der Waals surface area contributed by atoms with Gasteiger partial charge in [0, 0.05) is 41.2 Å². The molecule has 0 fully saturated rings. The Bertz CT molecular complexity index is 1470. The Labute approximate surface area is 231 Å². The van der Waals surface area contributed by atoms with Gasteiger partial charge in [0.15, 0.2) is 0 Å². The van der Waals surface area contributed by atoms with Crippen molar-refractivity contribution in [1.82, 2.24) is 0 Å². The Kier molecular flexibility index (Phi) is 7.55. The molecule has 0 spiro atoms. The summed E-state index contributed by atoms with van der Waals surface area (Å²) in [5.74, 6) is 0.777. The Hall–Kier alpha value is -4.29. The van der Waals surface area contributed by atoms with Gasteiger partial charge in [0.25, 0.3) is 0 Å². The number of halogens is 1. The van der Waals surface area contributed by atoms with Gasteiger partial charge in [-0.1, -0.05) is 6.07 Å². The molecule has 0 saturated carbocycles. The Balaban J connectivity index is 1.34. The summed E-state index contributed by atoms with van der Waals surface area (Å²) in [4.78, 5) is 11.1. The van der Waals surface area contributed by atoms with Crippen molar-refractivity contribution in [3.8, 4) is 34.8 Å². The van der Waals surface area contributed by atoms with E-state index in [1.165, 1.54) is 6.07 Å². The van der Waals surface area contributed by atoms with Gasteiger partial charge in [-0.05, 0) is 57.0 Å². The van der Waals surface area contributed by atoms with Crippen LogP contribution in [0.4, 0.5) is 4.39 Å². The summed E-state index contributed by atoms with van der Waals surface area (Å²) in [7, 11) is 0. The predicted octanol–water partition coefficient (Wildman–Crippen LogP) is 6.05. The number of carbonyl (C=O) groups is 1. The van der Waals surface area contributed by atoms with E-state index in [0.717, 1.165) is 5.56 Å². The molecule has 9 heteroatoms. The molecule has 5 rings (SSSR count). The largest absolute Gasteiger partial charge is 0.493 e. The van der Waals surface area contributed by atoms with E-state index in [4.69, 9.17) is 24.1 Å². The molecule has 0 amide bonds. The van der Waals surface area contributed by atoms with Crippen LogP contribution in [0, 0.1) is 17.1 Å². The topological polar surface area (TPSA) is 118 Å². The van der Waals surface area contributed by atoms with Crippen molar-refractivity contribution >= 4 is 5.97 Å². The average molecular weight is 548 g/mol. The fourth-order valence-corrected chi connectivity index (χ4v) is 5.04. The van der Waals surface area contributed by atoms with Crippen molar-refractivity contribution in [3.63, 3.8) is 0 Å². The van der Waals surface area contributed by atoms with Crippen LogP contribution in [0.5, 0.6) is 28.7 Å². The second-order valence-electron chi connectivity index (χ2n) is 10.7. The number of ether oxygens (including phenoxy) is 4. The van der Waals surface area contributed by atoms with Crippen LogP contribution in [0.1, 0.15) is 67.4 Å². The summed E-state index contributed by atoms with van der Waals surface area (Å²) < 4.78 is 38.8. The highest BCUT2D eigenvalue weighted by Gasteiger charge is 2.32. The van der Waals surface area contributed by atoms with Gasteiger partial charge < -0.3 is 29.2 Å². The molecule has 3 aromatic rings. The molecule has 1 heterocycles. The van der Waals surface area contributed by atoms with Gasteiger partial charge in [-0.3, -0.25) is 4.79 Å². The molecule has 0 saturated heterocycles. The first-order valence-corrected chi connectivity index (χ1v) is 13.1. The third-order valence-electron chi connectivity index (χ3n) is 7.08. The van der Waals surface area contributed by atoms with E-state index in [1.807, 2.05) is 0 Å². The third-order valence-corrected chi connectivity index (χ3v) is 7.08. The zero-order valence-corrected chi connectivity index (χ0v) is 22.3. The highest BCUT2D eigenvalue weighted by Crippen LogP contribution is 2.45. The maximum absolute atomic E-state index is 15.1. The van der Waals surface area contributed by atoms with Gasteiger partial charge >= 0.3 is 5.97 Å². The monoisotopic (exact) mass is 547 g/mol. The SMILES string of the molecule is CC(C)(O)CCOc1ccc(C#N)c(Oc2ccc(F)c3c2CC[C@H]3Oc2ccc3c(c2)OC[C@H]3CC(=O)O)c1. The maximum atomic E-state index is 15.1. The number of nitrogens with zero attached hydrogens (tertiary/aromatic N) is 1. The van der Waals surface area contributed by atoms with Gasteiger partial charge in [-0.25, -0.2) is 4.39 Å². The van der Waals surface area contributed by atoms with E-state index >= 15 is 4.39 Å². The van der Waals surface area contributed by atoms with Crippen LogP contribution in [0.15, 0.2) is 48.5 Å². The minimum atomic E-state index is -0.885. The highest BCUT2D eigenvalue weighted by atomic mass is 19.1. The van der Waals surface area contributed by atoms with Gasteiger partial charge in [0.1, 0.15) is 46.7 Å². The quantitative estimate of drug-likeness (QED) is 0.315. The molecular weight excluding hydrogens is 517 g/mol. The summed E-state index contributed by atoms with van der Waals surface area (Å²) >= 11 is 0. The number of benzene rings is 3. The van der Waals surface area contributed by atoms with Crippen molar-refractivity contribution in [2.24, 2.45) is 0 Å². The van der Waals surface area contributed by atoms with Gasteiger partial charge in [0.2, 0.25) is 0 Å². The molecule has 208 valence electrons. The lowest BCUT2D eigenvalue weighted by Gasteiger charge is -2.18. The molecule has 2 atom stereocenters. The van der Waals surface area contributed by atoms with E-state index in [-0.39, 0.29) is 24.7 Å². The van der Waals surface area contributed by atoms with Crippen LogP contribution in [-0.4, -0.2) is 35.0 Å². The summed E-state index contributed by atoms with van der Waals surface area (Å²) in [5.41, 5.74) is 1.33. The second-order valence-corrected chi connectivity index (χ2v) is 10.7. The zero-order chi connectivity index (χ0) is 28.4. The molecule has 40 heavy (non-hydrogen) atoms. The minimum absolute atomic E-state index is 0.0133. The average Bonchev–Trinajstić information content (AvgIpc) is 3.49. The molecule has 0 bridgehead atoms. The molecule has 1 aliphatic heterocycles. The van der Waals surface area contributed by atoms with Crippen molar-refractivity contribution in [1.29, 1.82) is 5.26 Å². The fourth-order valence-electron chi connectivity index (χ4n) is 5.04. The lowest BCUT2D eigenvalue weighted by molar-refractivity contribution is -0.137. The second kappa shape index (κ2) is 11.1. The first-order chi connectivity index (χ1) is 19.1. The number of rotatable bonds is 10. The van der Waals surface area contributed by atoms with E-state index in [2.05, 4.69) is 6.07 Å². The molecule has 0 radical (unpaired) electrons. The fraction of sp³-hybridized carbons (Fsp3) is 0.355. The summed E-state index contributed by atoms with van der Waals surface area (Å²) in [6.45, 7) is 3.98. The molecule has 8 nitrogen and oxygen atoms in total. The number of hydrogen-bond acceptors (Lipinski definition) is 7. The van der Waals surface area contributed by atoms with Crippen molar-refractivity contribution in [3.05, 3.63) is 76.6 Å². The standard InChI is InChI=1S/C31H30FNO7/c1-31(2,36)11-12-37-20-4-3-18(16-33)27(14-20)40-25-10-8-24(32)30-23(25)7-9-26(30)39-21-5-6-22-19(13-29(34)35)17-38-28(22)15-21/h3-6,8,10,14-15,19,26,36H,7,9,11-13,17H2,1-2H3,(H,34,35)/t19-,26-/m1/s1. The first-order valence-electron chi connectivity index (χ1n) is 13.1. The molecule has 2 aliphatic rings. The summed E-state index contributed by atoms with van der Waals surface area (Å²) in [5, 5.41) is 28.7. The van der Waals surface area contributed by atoms with Crippen molar-refractivity contribution < 1.29 is 38.3 Å². The number of nitriles is 1. The molecule has 1 aliphatic carbocycles. The van der Waals surface area contributed by atoms with E-state index in [0.29, 0.717) is 65.6 Å². The van der Waals surface area contributed by atoms with Gasteiger partial charge in [-0.2, -0.15) is 5.26 Å². The lowest BCUT2D eigenvalue weighted by atomic mass is 9.98. The van der Waals surface area contributed by atoms with Gasteiger partial charge in [0.05, 0.1) is 30.8 Å². The number of aliphatic hydroxyl groups is 1. The van der Waals surface area contributed by atoms with Crippen LogP contribution >= 0.6 is 0 Å². The molecular formula is C31H30FNO7. The molecule has 0 unspecified atom stereocenters. The number of aliphatic carboxylic acids is 1. The summed E-state index contributed by atoms with van der Waals surface area (Å²) in [6.07, 6.45) is 0.895.